The third-order valence-electron chi connectivity index (χ3n) is 4.50. The first-order valence-corrected chi connectivity index (χ1v) is 11.3. The third-order valence-corrected chi connectivity index (χ3v) is 5.40. The van der Waals surface area contributed by atoms with Crippen LogP contribution in [-0.2, 0) is 14.4 Å². The average molecular weight is 502 g/mol. The van der Waals surface area contributed by atoms with Gasteiger partial charge in [-0.3, -0.25) is 9.59 Å². The maximum absolute atomic E-state index is 12.1. The third kappa shape index (κ3) is 7.45. The molecule has 1 unspecified atom stereocenters. The van der Waals surface area contributed by atoms with Crippen LogP contribution in [0.2, 0.25) is 0 Å². The summed E-state index contributed by atoms with van der Waals surface area (Å²) in [4.78, 5) is 38.3. The molecule has 0 aliphatic carbocycles. The molecule has 13 heteroatoms. The Balaban J connectivity index is 1.77. The molecule has 0 fully saturated rings. The smallest absolute Gasteiger partial charge is 0.341 e. The highest BCUT2D eigenvalue weighted by Crippen LogP contribution is 2.35. The number of carboxylic acid groups (broad SMARTS) is 2. The number of nitrogens with two attached hydrogens (primary N) is 1. The van der Waals surface area contributed by atoms with E-state index in [9.17, 15) is 14.4 Å². The van der Waals surface area contributed by atoms with Crippen LogP contribution in [0.3, 0.4) is 0 Å². The second-order valence-corrected chi connectivity index (χ2v) is 8.16. The summed E-state index contributed by atoms with van der Waals surface area (Å²) in [6, 6.07) is 8.77. The number of aromatic nitrogens is 1. The van der Waals surface area contributed by atoms with Gasteiger partial charge in [-0.15, -0.1) is 10.2 Å². The van der Waals surface area contributed by atoms with E-state index in [2.05, 4.69) is 20.5 Å². The van der Waals surface area contributed by atoms with Gasteiger partial charge in [0, 0.05) is 18.2 Å². The summed E-state index contributed by atoms with van der Waals surface area (Å²) in [5.74, 6) is -2.04. The number of aliphatic carboxylic acids is 2. The van der Waals surface area contributed by atoms with Gasteiger partial charge in [0.2, 0.25) is 11.0 Å². The molecule has 3 rings (SSSR count). The molecule has 12 nitrogen and oxygen atoms in total. The number of rotatable bonds is 12. The van der Waals surface area contributed by atoms with Gasteiger partial charge < -0.3 is 30.7 Å². The Morgan fingerprint density at radius 2 is 1.94 bits per heavy atom. The van der Waals surface area contributed by atoms with Crippen LogP contribution in [0, 0.1) is 0 Å². The van der Waals surface area contributed by atoms with Crippen molar-refractivity contribution in [3.63, 3.8) is 0 Å². The first kappa shape index (κ1) is 25.5. The fourth-order valence-electron chi connectivity index (χ4n) is 2.85. The van der Waals surface area contributed by atoms with E-state index >= 15 is 0 Å². The largest absolute Gasteiger partial charge is 0.494 e. The number of carbonyl (C=O) groups excluding carboxylic acids is 1. The van der Waals surface area contributed by atoms with Gasteiger partial charge in [0.15, 0.2) is 6.61 Å². The van der Waals surface area contributed by atoms with E-state index in [-0.39, 0.29) is 24.3 Å². The lowest BCUT2D eigenvalue weighted by atomic mass is 10.1. The van der Waals surface area contributed by atoms with E-state index in [1.807, 2.05) is 25.1 Å². The van der Waals surface area contributed by atoms with E-state index in [1.165, 1.54) is 29.5 Å². The van der Waals surface area contributed by atoms with Crippen LogP contribution in [0.5, 0.6) is 11.5 Å². The minimum Gasteiger partial charge on any atom is -0.494 e. The number of ether oxygens (including phenoxy) is 2. The summed E-state index contributed by atoms with van der Waals surface area (Å²) in [7, 11) is 0. The number of anilines is 1. The summed E-state index contributed by atoms with van der Waals surface area (Å²) in [6.07, 6.45) is -0.146. The molecule has 184 valence electrons. The Bertz CT molecular complexity index is 1260. The fraction of sp³-hybridized carbons (Fsp3) is 0.273. The lowest BCUT2D eigenvalue weighted by Gasteiger charge is -2.11. The molecule has 1 heterocycles. The van der Waals surface area contributed by atoms with Crippen molar-refractivity contribution in [1.29, 1.82) is 0 Å². The molecule has 0 spiro atoms. The second kappa shape index (κ2) is 11.9. The van der Waals surface area contributed by atoms with Gasteiger partial charge in [-0.1, -0.05) is 11.3 Å². The number of hydrogen-bond acceptors (Lipinski definition) is 10. The molecular formula is C22H23N5O7S. The molecule has 5 N–H and O–H groups in total. The molecule has 0 aliphatic rings. The highest BCUT2D eigenvalue weighted by molar-refractivity contribution is 7.21. The van der Waals surface area contributed by atoms with Crippen molar-refractivity contribution in [2.75, 3.05) is 18.5 Å². The van der Waals surface area contributed by atoms with E-state index in [0.29, 0.717) is 17.4 Å². The Morgan fingerprint density at radius 3 is 2.66 bits per heavy atom. The zero-order valence-corrected chi connectivity index (χ0v) is 19.4. The lowest BCUT2D eigenvalue weighted by Crippen LogP contribution is -2.31. The number of amides is 1. The second-order valence-electron chi connectivity index (χ2n) is 7.16. The SMILES string of the molecule is CCOc1ccc2nc(/N=N/c3ccc(NC(=O)CCC(N)C(=O)O)cc3OCC(=O)O)sc2c1. The first-order chi connectivity index (χ1) is 16.7. The van der Waals surface area contributed by atoms with E-state index in [4.69, 9.17) is 25.4 Å². The van der Waals surface area contributed by atoms with E-state index in [1.54, 1.807) is 0 Å². The van der Waals surface area contributed by atoms with Crippen LogP contribution in [0.15, 0.2) is 46.6 Å². The number of azo groups is 1. The number of nitrogens with one attached hydrogen (secondary N) is 1. The quantitative estimate of drug-likeness (QED) is 0.268. The Hall–Kier alpha value is -4.10. The van der Waals surface area contributed by atoms with Crippen molar-refractivity contribution in [3.8, 4) is 11.5 Å². The van der Waals surface area contributed by atoms with Crippen molar-refractivity contribution in [2.24, 2.45) is 16.0 Å². The fourth-order valence-corrected chi connectivity index (χ4v) is 3.67. The normalized spacial score (nSPS) is 11.9. The zero-order chi connectivity index (χ0) is 25.4. The molecular weight excluding hydrogens is 478 g/mol. The monoisotopic (exact) mass is 501 g/mol. The van der Waals surface area contributed by atoms with Crippen molar-refractivity contribution in [1.82, 2.24) is 4.98 Å². The topological polar surface area (TPSA) is 186 Å². The zero-order valence-electron chi connectivity index (χ0n) is 18.6. The van der Waals surface area contributed by atoms with Crippen molar-refractivity contribution in [2.45, 2.75) is 25.8 Å². The van der Waals surface area contributed by atoms with E-state index in [0.717, 1.165) is 16.0 Å². The number of fused-ring (bicyclic) bond motifs is 1. The molecule has 1 atom stereocenters. The number of carbonyl (C=O) groups is 3. The molecule has 2 aromatic carbocycles. The Kier molecular flexibility index (Phi) is 8.64. The predicted octanol–water partition coefficient (Wildman–Crippen LogP) is 3.70. The highest BCUT2D eigenvalue weighted by Gasteiger charge is 2.15. The van der Waals surface area contributed by atoms with Gasteiger partial charge in [0.05, 0.1) is 16.8 Å². The maximum atomic E-state index is 12.1. The number of hydrogen-bond donors (Lipinski definition) is 4. The molecule has 35 heavy (non-hydrogen) atoms. The summed E-state index contributed by atoms with van der Waals surface area (Å²) in [5, 5.41) is 29.0. The molecule has 0 aliphatic heterocycles. The van der Waals surface area contributed by atoms with Crippen LogP contribution >= 0.6 is 11.3 Å². The van der Waals surface area contributed by atoms with Gasteiger partial charge in [0.1, 0.15) is 23.2 Å². The van der Waals surface area contributed by atoms with Crippen LogP contribution in [0.4, 0.5) is 16.5 Å². The van der Waals surface area contributed by atoms with E-state index < -0.39 is 30.5 Å². The van der Waals surface area contributed by atoms with Crippen LogP contribution in [-0.4, -0.2) is 52.3 Å². The number of nitrogens with zero attached hydrogens (tertiary/aromatic N) is 3. The molecule has 3 aromatic rings. The van der Waals surface area contributed by atoms with Gasteiger partial charge in [0.25, 0.3) is 0 Å². The molecule has 0 saturated carbocycles. The standard InChI is InChI=1S/C22H23N5O7S/c1-2-33-13-4-7-16-18(10-13)35-22(25-16)27-26-15-6-3-12(9-17(15)34-11-20(29)30)24-19(28)8-5-14(23)21(31)32/h3-4,6-7,9-10,14H,2,5,8,11,23H2,1H3,(H,24,28)(H,29,30)(H,31,32)/b27-26+. The summed E-state index contributed by atoms with van der Waals surface area (Å²) >= 11 is 1.31. The summed E-state index contributed by atoms with van der Waals surface area (Å²) in [6.45, 7) is 1.81. The van der Waals surface area contributed by atoms with Gasteiger partial charge in [-0.2, -0.15) is 0 Å². The Morgan fingerprint density at radius 1 is 1.14 bits per heavy atom. The summed E-state index contributed by atoms with van der Waals surface area (Å²) < 4.78 is 11.7. The van der Waals surface area contributed by atoms with Gasteiger partial charge >= 0.3 is 11.9 Å². The summed E-state index contributed by atoms with van der Waals surface area (Å²) in [5.41, 5.74) is 6.68. The molecule has 0 radical (unpaired) electrons. The van der Waals surface area contributed by atoms with Crippen molar-refractivity contribution in [3.05, 3.63) is 36.4 Å². The number of carboxylic acids is 2. The maximum Gasteiger partial charge on any atom is 0.341 e. The lowest BCUT2D eigenvalue weighted by molar-refractivity contribution is -0.140. The van der Waals surface area contributed by atoms with Gasteiger partial charge in [-0.05, 0) is 43.7 Å². The average Bonchev–Trinajstić information content (AvgIpc) is 3.22. The minimum absolute atomic E-state index is 0.0376. The van der Waals surface area contributed by atoms with Crippen molar-refractivity contribution >= 4 is 55.9 Å². The molecule has 1 amide bonds. The van der Waals surface area contributed by atoms with Crippen LogP contribution in [0.25, 0.3) is 10.2 Å². The molecule has 0 saturated heterocycles. The minimum atomic E-state index is -1.19. The van der Waals surface area contributed by atoms with Crippen LogP contribution in [0.1, 0.15) is 19.8 Å². The van der Waals surface area contributed by atoms with Crippen molar-refractivity contribution < 1.29 is 34.1 Å². The van der Waals surface area contributed by atoms with Crippen LogP contribution < -0.4 is 20.5 Å². The number of benzene rings is 2. The Labute approximate surface area is 203 Å². The predicted molar refractivity (Wildman–Crippen MR) is 128 cm³/mol. The molecule has 0 bridgehead atoms. The highest BCUT2D eigenvalue weighted by atomic mass is 32.1. The molecule has 1 aromatic heterocycles. The van der Waals surface area contributed by atoms with Gasteiger partial charge in [-0.25, -0.2) is 9.78 Å². The first-order valence-electron chi connectivity index (χ1n) is 10.5. The number of thiazole rings is 1.